The second kappa shape index (κ2) is 4.23. The molecule has 3 atom stereocenters. The first-order valence-electron chi connectivity index (χ1n) is 9.08. The summed E-state index contributed by atoms with van der Waals surface area (Å²) in [6.07, 6.45) is 14.1. The lowest BCUT2D eigenvalue weighted by molar-refractivity contribution is -0.0155. The quantitative estimate of drug-likeness (QED) is 0.812. The van der Waals surface area contributed by atoms with Gasteiger partial charge in [0.05, 0.1) is 0 Å². The van der Waals surface area contributed by atoms with Gasteiger partial charge in [-0.15, -0.1) is 0 Å². The first-order chi connectivity index (χ1) is 9.35. The minimum atomic E-state index is 0.923. The highest BCUT2D eigenvalue weighted by molar-refractivity contribution is 5.02. The smallest absolute Gasteiger partial charge is 0.0124 e. The Labute approximate surface area is 117 Å². The summed E-state index contributed by atoms with van der Waals surface area (Å²) in [6.45, 7) is 1.37. The Morgan fingerprint density at radius 1 is 0.632 bits per heavy atom. The maximum atomic E-state index is 4.09. The number of fused-ring (bicyclic) bond motifs is 2. The van der Waals surface area contributed by atoms with E-state index in [4.69, 9.17) is 0 Å². The van der Waals surface area contributed by atoms with E-state index in [1.807, 2.05) is 0 Å². The largest absolute Gasteiger partial charge is 0.313 e. The standard InChI is InChI=1S/C18H29N/c1-2-14-4-11(1)5-17(14)10-19-18-15-6-12-3-13(8-15)9-16(18)7-12/h11-19H,1-10H2. The summed E-state index contributed by atoms with van der Waals surface area (Å²) in [6, 6.07) is 0.923. The van der Waals surface area contributed by atoms with Crippen molar-refractivity contribution < 1.29 is 0 Å². The van der Waals surface area contributed by atoms with Crippen LogP contribution in [0.25, 0.3) is 0 Å². The maximum absolute atomic E-state index is 4.09. The predicted octanol–water partition coefficient (Wildman–Crippen LogP) is 3.84. The Morgan fingerprint density at radius 3 is 1.89 bits per heavy atom. The van der Waals surface area contributed by atoms with Crippen LogP contribution in [0.1, 0.15) is 57.8 Å². The molecule has 1 N–H and O–H groups in total. The Balaban J connectivity index is 1.23. The molecule has 6 saturated carbocycles. The van der Waals surface area contributed by atoms with Gasteiger partial charge in [-0.25, -0.2) is 0 Å². The zero-order valence-corrected chi connectivity index (χ0v) is 12.2. The van der Waals surface area contributed by atoms with Crippen LogP contribution in [0.15, 0.2) is 0 Å². The number of rotatable bonds is 3. The van der Waals surface area contributed by atoms with E-state index in [2.05, 4.69) is 5.32 Å². The summed E-state index contributed by atoms with van der Waals surface area (Å²) in [5.41, 5.74) is 0. The normalized spacial score (nSPS) is 58.1. The fraction of sp³-hybridized carbons (Fsp3) is 1.00. The first kappa shape index (κ1) is 11.6. The monoisotopic (exact) mass is 259 g/mol. The Bertz CT molecular complexity index is 335. The molecule has 0 spiro atoms. The molecule has 6 aliphatic rings. The summed E-state index contributed by atoms with van der Waals surface area (Å²) < 4.78 is 0. The van der Waals surface area contributed by atoms with Gasteiger partial charge >= 0.3 is 0 Å². The molecule has 0 heterocycles. The Morgan fingerprint density at radius 2 is 1.32 bits per heavy atom. The zero-order chi connectivity index (χ0) is 12.4. The van der Waals surface area contributed by atoms with Gasteiger partial charge in [-0.1, -0.05) is 6.42 Å². The maximum Gasteiger partial charge on any atom is 0.0124 e. The van der Waals surface area contributed by atoms with Crippen LogP contribution in [0.2, 0.25) is 0 Å². The van der Waals surface area contributed by atoms with E-state index in [0.29, 0.717) is 0 Å². The molecule has 1 nitrogen and oxygen atoms in total. The average molecular weight is 259 g/mol. The minimum Gasteiger partial charge on any atom is -0.313 e. The van der Waals surface area contributed by atoms with Crippen molar-refractivity contribution in [1.29, 1.82) is 0 Å². The molecule has 0 aromatic heterocycles. The molecular formula is C18H29N. The second-order valence-electron chi connectivity index (χ2n) is 8.80. The van der Waals surface area contributed by atoms with Gasteiger partial charge in [0.2, 0.25) is 0 Å². The summed E-state index contributed by atoms with van der Waals surface area (Å²) >= 11 is 0. The predicted molar refractivity (Wildman–Crippen MR) is 77.8 cm³/mol. The number of hydrogen-bond donors (Lipinski definition) is 1. The van der Waals surface area contributed by atoms with Crippen LogP contribution in [0.4, 0.5) is 0 Å². The Kier molecular flexibility index (Phi) is 2.58. The van der Waals surface area contributed by atoms with Gasteiger partial charge < -0.3 is 5.32 Å². The number of nitrogens with one attached hydrogen (secondary N) is 1. The zero-order valence-electron chi connectivity index (χ0n) is 12.2. The SMILES string of the molecule is C1CC2CC1CC2CNC1C2CC3CC(C2)CC1C3. The van der Waals surface area contributed by atoms with Crippen LogP contribution in [-0.4, -0.2) is 12.6 Å². The van der Waals surface area contributed by atoms with Crippen molar-refractivity contribution in [2.75, 3.05) is 6.54 Å². The highest BCUT2D eigenvalue weighted by atomic mass is 14.9. The average Bonchev–Trinajstić information content (AvgIpc) is 2.99. The molecule has 1 heteroatoms. The van der Waals surface area contributed by atoms with Crippen molar-refractivity contribution in [3.63, 3.8) is 0 Å². The van der Waals surface area contributed by atoms with Crippen LogP contribution < -0.4 is 5.32 Å². The molecule has 19 heavy (non-hydrogen) atoms. The number of hydrogen-bond acceptors (Lipinski definition) is 1. The van der Waals surface area contributed by atoms with Crippen LogP contribution in [-0.2, 0) is 0 Å². The van der Waals surface area contributed by atoms with Crippen molar-refractivity contribution in [3.05, 3.63) is 0 Å². The second-order valence-corrected chi connectivity index (χ2v) is 8.80. The van der Waals surface area contributed by atoms with Gasteiger partial charge in [0, 0.05) is 6.04 Å². The highest BCUT2D eigenvalue weighted by Crippen LogP contribution is 2.54. The van der Waals surface area contributed by atoms with Gasteiger partial charge in [0.1, 0.15) is 0 Å². The van der Waals surface area contributed by atoms with E-state index in [-0.39, 0.29) is 0 Å². The van der Waals surface area contributed by atoms with Crippen LogP contribution in [0, 0.1) is 41.4 Å². The third-order valence-corrected chi connectivity index (χ3v) is 7.73. The molecule has 0 radical (unpaired) electrons. The molecule has 0 aromatic rings. The highest BCUT2D eigenvalue weighted by Gasteiger charge is 2.48. The van der Waals surface area contributed by atoms with Gasteiger partial charge in [-0.2, -0.15) is 0 Å². The summed E-state index contributed by atoms with van der Waals surface area (Å²) in [5, 5.41) is 4.09. The van der Waals surface area contributed by atoms with E-state index >= 15 is 0 Å². The summed E-state index contributed by atoms with van der Waals surface area (Å²) in [4.78, 5) is 0. The molecule has 106 valence electrons. The van der Waals surface area contributed by atoms with Crippen LogP contribution >= 0.6 is 0 Å². The lowest BCUT2D eigenvalue weighted by Crippen LogP contribution is -2.55. The Hall–Kier alpha value is -0.0400. The lowest BCUT2D eigenvalue weighted by Gasteiger charge is -2.55. The first-order valence-corrected chi connectivity index (χ1v) is 9.08. The van der Waals surface area contributed by atoms with E-state index in [9.17, 15) is 0 Å². The van der Waals surface area contributed by atoms with Gasteiger partial charge in [-0.05, 0) is 99.3 Å². The molecule has 0 amide bonds. The van der Waals surface area contributed by atoms with Gasteiger partial charge in [-0.3, -0.25) is 0 Å². The van der Waals surface area contributed by atoms with E-state index in [1.165, 1.54) is 6.54 Å². The molecular weight excluding hydrogens is 230 g/mol. The fourth-order valence-electron chi connectivity index (χ4n) is 7.17. The molecule has 0 aliphatic heterocycles. The molecule has 6 rings (SSSR count). The molecule has 6 fully saturated rings. The molecule has 0 saturated heterocycles. The van der Waals surface area contributed by atoms with E-state index in [1.54, 1.807) is 57.8 Å². The van der Waals surface area contributed by atoms with Crippen LogP contribution in [0.5, 0.6) is 0 Å². The lowest BCUT2D eigenvalue weighted by atomic mass is 9.54. The molecule has 6 bridgehead atoms. The molecule has 0 aromatic carbocycles. The van der Waals surface area contributed by atoms with Crippen molar-refractivity contribution in [1.82, 2.24) is 5.32 Å². The van der Waals surface area contributed by atoms with Gasteiger partial charge in [0.25, 0.3) is 0 Å². The van der Waals surface area contributed by atoms with Crippen molar-refractivity contribution in [2.24, 2.45) is 41.4 Å². The van der Waals surface area contributed by atoms with E-state index < -0.39 is 0 Å². The van der Waals surface area contributed by atoms with Gasteiger partial charge in [0.15, 0.2) is 0 Å². The van der Waals surface area contributed by atoms with Crippen molar-refractivity contribution >= 4 is 0 Å². The summed E-state index contributed by atoms with van der Waals surface area (Å²) in [5.74, 6) is 7.66. The fourth-order valence-corrected chi connectivity index (χ4v) is 7.17. The third-order valence-electron chi connectivity index (χ3n) is 7.73. The van der Waals surface area contributed by atoms with E-state index in [0.717, 1.165) is 47.5 Å². The van der Waals surface area contributed by atoms with Crippen molar-refractivity contribution in [2.45, 2.75) is 63.8 Å². The van der Waals surface area contributed by atoms with Crippen LogP contribution in [0.3, 0.4) is 0 Å². The molecule has 3 unspecified atom stereocenters. The molecule has 6 aliphatic carbocycles. The minimum absolute atomic E-state index is 0.923. The topological polar surface area (TPSA) is 12.0 Å². The summed E-state index contributed by atoms with van der Waals surface area (Å²) in [7, 11) is 0. The van der Waals surface area contributed by atoms with Crippen molar-refractivity contribution in [3.8, 4) is 0 Å². The third kappa shape index (κ3) is 1.83.